The Morgan fingerprint density at radius 3 is 2.67 bits per heavy atom. The average molecular weight is 287 g/mol. The maximum Gasteiger partial charge on any atom is 0.269 e. The zero-order valence-corrected chi connectivity index (χ0v) is 12.7. The van der Waals surface area contributed by atoms with Crippen molar-refractivity contribution in [3.05, 3.63) is 46.6 Å². The Morgan fingerprint density at radius 2 is 2.05 bits per heavy atom. The van der Waals surface area contributed by atoms with Gasteiger partial charge < -0.3 is 10.2 Å². The van der Waals surface area contributed by atoms with Crippen LogP contribution in [0.4, 0.5) is 11.4 Å². The first-order chi connectivity index (χ1) is 10.2. The number of pyridine rings is 1. The van der Waals surface area contributed by atoms with Gasteiger partial charge in [0, 0.05) is 38.1 Å². The minimum atomic E-state index is -0.115. The first kappa shape index (κ1) is 15.0. The largest absolute Gasteiger partial charge is 0.388 e. The van der Waals surface area contributed by atoms with Gasteiger partial charge in [-0.2, -0.15) is 5.10 Å². The second-order valence-electron chi connectivity index (χ2n) is 4.67. The summed E-state index contributed by atoms with van der Waals surface area (Å²) >= 11 is 0. The standard InChI is InChI=1S/C15H21N5O/c1-4-19(5-2)14-9-15(21)20(18-10-14)11-13-8-12(16-3)6-7-17-13/h6-10H,4-5,11H2,1-3H3,(H,16,17). The van der Waals surface area contributed by atoms with E-state index < -0.39 is 0 Å². The molecular weight excluding hydrogens is 266 g/mol. The third-order valence-electron chi connectivity index (χ3n) is 3.40. The van der Waals surface area contributed by atoms with Crippen LogP contribution in [0.15, 0.2) is 35.4 Å². The van der Waals surface area contributed by atoms with E-state index in [2.05, 4.69) is 34.1 Å². The number of hydrogen-bond donors (Lipinski definition) is 1. The Labute approximate surface area is 124 Å². The van der Waals surface area contributed by atoms with Crippen LogP contribution in [-0.2, 0) is 6.54 Å². The van der Waals surface area contributed by atoms with Crippen LogP contribution in [0, 0.1) is 0 Å². The van der Waals surface area contributed by atoms with Gasteiger partial charge in [0.1, 0.15) is 0 Å². The summed E-state index contributed by atoms with van der Waals surface area (Å²) in [5.41, 5.74) is 2.51. The van der Waals surface area contributed by atoms with E-state index in [1.54, 1.807) is 18.5 Å². The van der Waals surface area contributed by atoms with Gasteiger partial charge in [-0.3, -0.25) is 9.78 Å². The highest BCUT2D eigenvalue weighted by molar-refractivity contribution is 5.43. The van der Waals surface area contributed by atoms with Crippen LogP contribution in [0.25, 0.3) is 0 Å². The van der Waals surface area contributed by atoms with E-state index in [-0.39, 0.29) is 5.56 Å². The highest BCUT2D eigenvalue weighted by atomic mass is 16.1. The van der Waals surface area contributed by atoms with Crippen molar-refractivity contribution >= 4 is 11.4 Å². The monoisotopic (exact) mass is 287 g/mol. The zero-order valence-electron chi connectivity index (χ0n) is 12.7. The Bertz CT molecular complexity index is 649. The van der Waals surface area contributed by atoms with E-state index in [9.17, 15) is 4.79 Å². The molecule has 0 bridgehead atoms. The molecule has 0 atom stereocenters. The van der Waals surface area contributed by atoms with E-state index in [0.717, 1.165) is 30.2 Å². The van der Waals surface area contributed by atoms with Crippen LogP contribution in [0.2, 0.25) is 0 Å². The lowest BCUT2D eigenvalue weighted by atomic mass is 10.3. The molecule has 0 spiro atoms. The topological polar surface area (TPSA) is 63.1 Å². The first-order valence-corrected chi connectivity index (χ1v) is 7.12. The van der Waals surface area contributed by atoms with Gasteiger partial charge in [-0.15, -0.1) is 0 Å². The van der Waals surface area contributed by atoms with Gasteiger partial charge in [-0.25, -0.2) is 4.68 Å². The molecule has 0 aliphatic rings. The third-order valence-corrected chi connectivity index (χ3v) is 3.40. The van der Waals surface area contributed by atoms with E-state index >= 15 is 0 Å². The van der Waals surface area contributed by atoms with Crippen molar-refractivity contribution in [1.82, 2.24) is 14.8 Å². The van der Waals surface area contributed by atoms with Gasteiger partial charge in [0.2, 0.25) is 0 Å². The summed E-state index contributed by atoms with van der Waals surface area (Å²) in [5.74, 6) is 0. The van der Waals surface area contributed by atoms with Crippen molar-refractivity contribution < 1.29 is 0 Å². The van der Waals surface area contributed by atoms with Gasteiger partial charge >= 0.3 is 0 Å². The minimum Gasteiger partial charge on any atom is -0.388 e. The summed E-state index contributed by atoms with van der Waals surface area (Å²) < 4.78 is 1.43. The molecule has 0 aliphatic carbocycles. The molecule has 2 aromatic rings. The lowest BCUT2D eigenvalue weighted by molar-refractivity contribution is 0.626. The van der Waals surface area contributed by atoms with Crippen LogP contribution < -0.4 is 15.8 Å². The lowest BCUT2D eigenvalue weighted by Gasteiger charge is -2.20. The summed E-state index contributed by atoms with van der Waals surface area (Å²) in [4.78, 5) is 18.5. The maximum absolute atomic E-state index is 12.2. The van der Waals surface area contributed by atoms with Crippen LogP contribution in [-0.4, -0.2) is 34.9 Å². The van der Waals surface area contributed by atoms with Gasteiger partial charge in [-0.1, -0.05) is 0 Å². The Balaban J connectivity index is 2.23. The number of anilines is 2. The third kappa shape index (κ3) is 3.59. The molecule has 0 saturated carbocycles. The quantitative estimate of drug-likeness (QED) is 0.874. The minimum absolute atomic E-state index is 0.115. The van der Waals surface area contributed by atoms with Gasteiger partial charge in [0.25, 0.3) is 5.56 Å². The molecule has 0 saturated heterocycles. The van der Waals surface area contributed by atoms with Crippen molar-refractivity contribution in [3.8, 4) is 0 Å². The van der Waals surface area contributed by atoms with E-state index in [1.807, 2.05) is 19.2 Å². The second-order valence-corrected chi connectivity index (χ2v) is 4.67. The summed E-state index contributed by atoms with van der Waals surface area (Å²) in [5, 5.41) is 7.30. The first-order valence-electron chi connectivity index (χ1n) is 7.12. The molecule has 0 fully saturated rings. The molecule has 112 valence electrons. The predicted octanol–water partition coefficient (Wildman–Crippen LogP) is 1.57. The summed E-state index contributed by atoms with van der Waals surface area (Å²) in [6.45, 7) is 6.19. The number of hydrogen-bond acceptors (Lipinski definition) is 5. The fourth-order valence-electron chi connectivity index (χ4n) is 2.18. The molecule has 0 unspecified atom stereocenters. The summed E-state index contributed by atoms with van der Waals surface area (Å²) in [7, 11) is 1.85. The Morgan fingerprint density at radius 1 is 1.29 bits per heavy atom. The molecule has 0 radical (unpaired) electrons. The molecule has 2 aromatic heterocycles. The van der Waals surface area contributed by atoms with Gasteiger partial charge in [0.05, 0.1) is 24.1 Å². The van der Waals surface area contributed by atoms with Crippen molar-refractivity contribution in [2.45, 2.75) is 20.4 Å². The predicted molar refractivity (Wildman–Crippen MR) is 84.9 cm³/mol. The normalized spacial score (nSPS) is 10.4. The molecule has 6 nitrogen and oxygen atoms in total. The molecule has 0 aliphatic heterocycles. The molecule has 2 heterocycles. The van der Waals surface area contributed by atoms with Crippen molar-refractivity contribution in [2.24, 2.45) is 0 Å². The fraction of sp³-hybridized carbons (Fsp3) is 0.400. The van der Waals surface area contributed by atoms with Crippen LogP contribution in [0.1, 0.15) is 19.5 Å². The lowest BCUT2D eigenvalue weighted by Crippen LogP contribution is -2.28. The van der Waals surface area contributed by atoms with E-state index in [0.29, 0.717) is 6.54 Å². The van der Waals surface area contributed by atoms with Gasteiger partial charge in [-0.05, 0) is 26.0 Å². The highest BCUT2D eigenvalue weighted by Gasteiger charge is 2.06. The highest BCUT2D eigenvalue weighted by Crippen LogP contribution is 2.10. The van der Waals surface area contributed by atoms with Crippen LogP contribution >= 0.6 is 0 Å². The average Bonchev–Trinajstić information content (AvgIpc) is 2.51. The Kier molecular flexibility index (Phi) is 4.92. The van der Waals surface area contributed by atoms with E-state index in [1.165, 1.54) is 4.68 Å². The molecule has 21 heavy (non-hydrogen) atoms. The molecule has 2 rings (SSSR count). The smallest absolute Gasteiger partial charge is 0.269 e. The molecule has 1 N–H and O–H groups in total. The second kappa shape index (κ2) is 6.88. The van der Waals surface area contributed by atoms with Gasteiger partial charge in [0.15, 0.2) is 0 Å². The fourth-order valence-corrected chi connectivity index (χ4v) is 2.18. The molecule has 0 amide bonds. The zero-order chi connectivity index (χ0) is 15.2. The number of nitrogens with one attached hydrogen (secondary N) is 1. The number of rotatable bonds is 6. The van der Waals surface area contributed by atoms with E-state index in [4.69, 9.17) is 0 Å². The number of nitrogens with zero attached hydrogens (tertiary/aromatic N) is 4. The molecule has 0 aromatic carbocycles. The van der Waals surface area contributed by atoms with Crippen molar-refractivity contribution in [3.63, 3.8) is 0 Å². The molecule has 6 heteroatoms. The van der Waals surface area contributed by atoms with Crippen molar-refractivity contribution in [2.75, 3.05) is 30.4 Å². The SMILES string of the molecule is CCN(CC)c1cnn(Cc2cc(NC)ccn2)c(=O)c1. The molecular formula is C15H21N5O. The van der Waals surface area contributed by atoms with Crippen LogP contribution in [0.5, 0.6) is 0 Å². The van der Waals surface area contributed by atoms with Crippen LogP contribution in [0.3, 0.4) is 0 Å². The maximum atomic E-state index is 12.2. The Hall–Kier alpha value is -2.37. The summed E-state index contributed by atoms with van der Waals surface area (Å²) in [6.07, 6.45) is 3.45. The number of aromatic nitrogens is 3. The van der Waals surface area contributed by atoms with Crippen molar-refractivity contribution in [1.29, 1.82) is 0 Å². The summed E-state index contributed by atoms with van der Waals surface area (Å²) in [6, 6.07) is 5.41.